The predicted octanol–water partition coefficient (Wildman–Crippen LogP) is 10.9. The van der Waals surface area contributed by atoms with Crippen molar-refractivity contribution in [3.63, 3.8) is 0 Å². The highest BCUT2D eigenvalue weighted by atomic mass is 19.4. The second kappa shape index (κ2) is 17.7. The number of nitriles is 2. The lowest BCUT2D eigenvalue weighted by molar-refractivity contribution is -0.440. The lowest BCUT2D eigenvalue weighted by Gasteiger charge is -2.39. The van der Waals surface area contributed by atoms with Crippen LogP contribution in [0, 0.1) is 22.7 Å². The molecule has 2 unspecified atom stereocenters. The van der Waals surface area contributed by atoms with Crippen molar-refractivity contribution in [3.8, 4) is 12.1 Å². The zero-order chi connectivity index (χ0) is 50.1. The Balaban J connectivity index is 5.59. The van der Waals surface area contributed by atoms with Gasteiger partial charge in [0.1, 0.15) is 0 Å². The summed E-state index contributed by atoms with van der Waals surface area (Å²) in [5.41, 5.74) is -4.68. The van der Waals surface area contributed by atoms with E-state index in [1.807, 2.05) is 0 Å². The molecule has 0 bridgehead atoms. The standard InChI is InChI=1S/C28H22F26N4O4/c1-15(11-55,5-3-13(59)61-9-7-17(29,30)19(33,34)21(37,38)23(41,42)25(45,46)27(49,50)51)57-58-16(2,12-56)6-4-14(60)62-10-8-18(31,32)20(35,36)22(39,40)24(43,44)26(47,48)28(52,53)54/h3-10H2,1-2H3. The fourth-order valence-electron chi connectivity index (χ4n) is 3.82. The molecule has 0 radical (unpaired) electrons. The highest BCUT2D eigenvalue weighted by molar-refractivity contribution is 5.70. The molecule has 0 rings (SSSR count). The van der Waals surface area contributed by atoms with E-state index in [0.29, 0.717) is 0 Å². The second-order valence-electron chi connectivity index (χ2n) is 12.9. The van der Waals surface area contributed by atoms with Gasteiger partial charge >= 0.3 is 83.5 Å². The van der Waals surface area contributed by atoms with Crippen molar-refractivity contribution in [2.45, 2.75) is 135 Å². The van der Waals surface area contributed by atoms with E-state index in [0.717, 1.165) is 13.8 Å². The molecule has 0 saturated carbocycles. The number of hydrogen-bond donors (Lipinski definition) is 0. The largest absolute Gasteiger partial charge is 0.465 e. The van der Waals surface area contributed by atoms with Gasteiger partial charge in [0, 0.05) is 12.8 Å². The quantitative estimate of drug-likeness (QED) is 0.0604. The van der Waals surface area contributed by atoms with Crippen LogP contribution in [0.5, 0.6) is 0 Å². The molecule has 0 aromatic rings. The van der Waals surface area contributed by atoms with E-state index < -0.39 is 146 Å². The van der Waals surface area contributed by atoms with Crippen LogP contribution in [0.15, 0.2) is 10.2 Å². The van der Waals surface area contributed by atoms with E-state index in [-0.39, 0.29) is 0 Å². The number of esters is 2. The van der Waals surface area contributed by atoms with Crippen molar-refractivity contribution in [2.24, 2.45) is 10.2 Å². The lowest BCUT2D eigenvalue weighted by atomic mass is 9.93. The molecule has 0 N–H and O–H groups in total. The molecule has 2 atom stereocenters. The maximum Gasteiger partial charge on any atom is 0.460 e. The van der Waals surface area contributed by atoms with Gasteiger partial charge in [-0.2, -0.15) is 135 Å². The minimum absolute atomic E-state index is 0.753. The Morgan fingerprint density at radius 2 is 0.629 bits per heavy atom. The minimum Gasteiger partial charge on any atom is -0.465 e. The predicted molar refractivity (Wildman–Crippen MR) is 144 cm³/mol. The first kappa shape index (κ1) is 57.7. The Hall–Kier alpha value is -4.30. The third kappa shape index (κ3) is 10.7. The summed E-state index contributed by atoms with van der Waals surface area (Å²) in [4.78, 5) is 23.8. The van der Waals surface area contributed by atoms with Crippen LogP contribution < -0.4 is 0 Å². The molecule has 360 valence electrons. The zero-order valence-electron chi connectivity index (χ0n) is 29.9. The minimum atomic E-state index is -8.19. The van der Waals surface area contributed by atoms with Crippen molar-refractivity contribution < 1.29 is 133 Å². The van der Waals surface area contributed by atoms with Crippen LogP contribution in [-0.2, 0) is 19.1 Å². The van der Waals surface area contributed by atoms with Gasteiger partial charge in [-0.05, 0) is 26.7 Å². The number of ether oxygens (including phenoxy) is 2. The molecule has 62 heavy (non-hydrogen) atoms. The zero-order valence-corrected chi connectivity index (χ0v) is 29.9. The van der Waals surface area contributed by atoms with Gasteiger partial charge in [0.2, 0.25) is 0 Å². The lowest BCUT2D eigenvalue weighted by Crippen LogP contribution is -2.70. The van der Waals surface area contributed by atoms with Gasteiger partial charge in [-0.25, -0.2) is 0 Å². The summed E-state index contributed by atoms with van der Waals surface area (Å²) in [6, 6.07) is 2.65. The fraction of sp³-hybridized carbons (Fsp3) is 0.857. The number of hydrogen-bond acceptors (Lipinski definition) is 8. The van der Waals surface area contributed by atoms with Gasteiger partial charge in [-0.1, -0.05) is 0 Å². The topological polar surface area (TPSA) is 125 Å². The first-order valence-corrected chi connectivity index (χ1v) is 15.5. The van der Waals surface area contributed by atoms with Crippen molar-refractivity contribution in [3.05, 3.63) is 0 Å². The van der Waals surface area contributed by atoms with E-state index in [1.54, 1.807) is 0 Å². The van der Waals surface area contributed by atoms with Gasteiger partial charge in [-0.15, -0.1) is 0 Å². The molecule has 0 saturated heterocycles. The summed E-state index contributed by atoms with van der Waals surface area (Å²) in [6.07, 6.45) is -25.6. The molecule has 0 aliphatic rings. The molecule has 8 nitrogen and oxygen atoms in total. The van der Waals surface area contributed by atoms with E-state index in [4.69, 9.17) is 0 Å². The van der Waals surface area contributed by atoms with Crippen LogP contribution in [0.3, 0.4) is 0 Å². The summed E-state index contributed by atoms with van der Waals surface area (Å²) in [5, 5.41) is 25.4. The summed E-state index contributed by atoms with van der Waals surface area (Å²) in [6.45, 7) is -2.81. The van der Waals surface area contributed by atoms with Crippen molar-refractivity contribution in [1.29, 1.82) is 10.5 Å². The van der Waals surface area contributed by atoms with E-state index in [1.165, 1.54) is 12.1 Å². The number of halogens is 26. The Morgan fingerprint density at radius 1 is 0.403 bits per heavy atom. The van der Waals surface area contributed by atoms with E-state index >= 15 is 0 Å². The van der Waals surface area contributed by atoms with Crippen LogP contribution in [0.2, 0.25) is 0 Å². The Labute approximate surface area is 327 Å². The molecule has 0 fully saturated rings. The highest BCUT2D eigenvalue weighted by Crippen LogP contribution is 2.62. The molecular formula is C28H22F26N4O4. The van der Waals surface area contributed by atoms with Crippen molar-refractivity contribution in [2.75, 3.05) is 13.2 Å². The normalized spacial score (nSPS) is 16.9. The van der Waals surface area contributed by atoms with Crippen LogP contribution in [0.1, 0.15) is 52.4 Å². The molecule has 0 aliphatic heterocycles. The van der Waals surface area contributed by atoms with Gasteiger partial charge < -0.3 is 9.47 Å². The third-order valence-electron chi connectivity index (χ3n) is 7.96. The second-order valence-corrected chi connectivity index (χ2v) is 12.9. The Kier molecular flexibility index (Phi) is 16.5. The Bertz CT molecular complexity index is 1590. The highest BCUT2D eigenvalue weighted by Gasteiger charge is 2.92. The number of carbonyl (C=O) groups is 2. The summed E-state index contributed by atoms with van der Waals surface area (Å²) < 4.78 is 351. The third-order valence-corrected chi connectivity index (χ3v) is 7.96. The molecule has 34 heteroatoms. The summed E-state index contributed by atoms with van der Waals surface area (Å²) in [5.74, 6) is -80.8. The summed E-state index contributed by atoms with van der Waals surface area (Å²) >= 11 is 0. The van der Waals surface area contributed by atoms with Crippen LogP contribution in [-0.4, -0.2) is 108 Å². The van der Waals surface area contributed by atoms with Gasteiger partial charge in [0.25, 0.3) is 0 Å². The number of nitrogens with zero attached hydrogens (tertiary/aromatic N) is 4. The van der Waals surface area contributed by atoms with Crippen LogP contribution in [0.4, 0.5) is 114 Å². The van der Waals surface area contributed by atoms with Gasteiger partial charge in [0.15, 0.2) is 11.1 Å². The molecule has 0 aliphatic carbocycles. The first-order valence-electron chi connectivity index (χ1n) is 15.5. The SMILES string of the molecule is CC(C#N)(CCC(=O)OCCC(F)(F)C(F)(F)C(F)(F)C(F)(F)C(F)(F)C(F)(F)F)N=NC(C)(C#N)CCC(=O)OCCC(F)(F)C(F)(F)C(F)(F)C(F)(F)C(F)(F)C(F)(F)F. The first-order chi connectivity index (χ1) is 27.0. The molecular weight excluding hydrogens is 950 g/mol. The van der Waals surface area contributed by atoms with Crippen LogP contribution >= 0.6 is 0 Å². The van der Waals surface area contributed by atoms with Crippen molar-refractivity contribution >= 4 is 11.9 Å². The molecule has 0 heterocycles. The van der Waals surface area contributed by atoms with E-state index in [9.17, 15) is 134 Å². The summed E-state index contributed by atoms with van der Waals surface area (Å²) in [7, 11) is 0. The number of azo groups is 1. The molecule has 0 spiro atoms. The van der Waals surface area contributed by atoms with Crippen molar-refractivity contribution in [1.82, 2.24) is 0 Å². The maximum absolute atomic E-state index is 13.9. The monoisotopic (exact) mass is 972 g/mol. The number of alkyl halides is 26. The molecule has 0 aromatic carbocycles. The fourth-order valence-corrected chi connectivity index (χ4v) is 3.82. The average molecular weight is 972 g/mol. The average Bonchev–Trinajstić information content (AvgIpc) is 3.10. The Morgan fingerprint density at radius 3 is 0.839 bits per heavy atom. The maximum atomic E-state index is 13.9. The molecule has 0 aromatic heterocycles. The van der Waals surface area contributed by atoms with E-state index in [2.05, 4.69) is 19.7 Å². The smallest absolute Gasteiger partial charge is 0.460 e. The van der Waals surface area contributed by atoms with Crippen LogP contribution in [0.25, 0.3) is 0 Å². The number of carbonyl (C=O) groups excluding carboxylic acids is 2. The van der Waals surface area contributed by atoms with Gasteiger partial charge in [0.05, 0.1) is 38.2 Å². The number of rotatable bonds is 22. The molecule has 0 amide bonds. The van der Waals surface area contributed by atoms with Gasteiger partial charge in [-0.3, -0.25) is 9.59 Å².